The van der Waals surface area contributed by atoms with Crippen molar-refractivity contribution in [2.45, 2.75) is 19.8 Å². The molecule has 1 aromatic carbocycles. The van der Waals surface area contributed by atoms with Gasteiger partial charge < -0.3 is 26.3 Å². The second kappa shape index (κ2) is 8.94. The largest absolute Gasteiger partial charge is 0.393 e. The summed E-state index contributed by atoms with van der Waals surface area (Å²) in [4.78, 5) is 20.9. The van der Waals surface area contributed by atoms with E-state index in [0.717, 1.165) is 12.8 Å². The molecule has 0 atom stereocenters. The van der Waals surface area contributed by atoms with Gasteiger partial charge in [0.25, 0.3) is 5.91 Å². The van der Waals surface area contributed by atoms with E-state index in [4.69, 9.17) is 11.1 Å². The van der Waals surface area contributed by atoms with Crippen molar-refractivity contribution < 1.29 is 9.18 Å². The number of unbranched alkanes of at least 4 members (excludes halogenated alkanes) is 1. The molecule has 158 valence electrons. The minimum Gasteiger partial charge on any atom is -0.393 e. The number of anilines is 3. The Hall–Kier alpha value is -3.42. The topological polar surface area (TPSA) is 98.3 Å². The van der Waals surface area contributed by atoms with Crippen molar-refractivity contribution in [1.82, 2.24) is 15.2 Å². The van der Waals surface area contributed by atoms with Gasteiger partial charge >= 0.3 is 0 Å². The average molecular weight is 410 g/mol. The summed E-state index contributed by atoms with van der Waals surface area (Å²) in [5, 5.41) is 11.5. The summed E-state index contributed by atoms with van der Waals surface area (Å²) < 4.78 is 14.3. The molecule has 2 aromatic rings. The maximum Gasteiger partial charge on any atom is 0.256 e. The van der Waals surface area contributed by atoms with Gasteiger partial charge in [-0.2, -0.15) is 0 Å². The highest BCUT2D eigenvalue weighted by atomic mass is 19.1. The number of benzene rings is 1. The molecule has 2 bridgehead atoms. The van der Waals surface area contributed by atoms with Gasteiger partial charge in [0.1, 0.15) is 11.6 Å². The summed E-state index contributed by atoms with van der Waals surface area (Å²) in [5.41, 5.74) is 9.17. The van der Waals surface area contributed by atoms with E-state index in [-0.39, 0.29) is 24.0 Å². The molecule has 7 nitrogen and oxygen atoms in total. The normalized spacial score (nSPS) is 15.8. The van der Waals surface area contributed by atoms with E-state index in [2.05, 4.69) is 17.2 Å². The number of hydrogen-bond donors (Lipinski definition) is 3. The fourth-order valence-corrected chi connectivity index (χ4v) is 3.51. The Bertz CT molecular complexity index is 1000. The van der Waals surface area contributed by atoms with Gasteiger partial charge in [0.05, 0.1) is 29.2 Å². The first kappa shape index (κ1) is 21.3. The maximum atomic E-state index is 14.3. The molecule has 4 N–H and O–H groups in total. The van der Waals surface area contributed by atoms with E-state index in [1.165, 1.54) is 23.1 Å². The van der Waals surface area contributed by atoms with Crippen molar-refractivity contribution in [2.75, 3.05) is 37.8 Å². The second-order valence-electron chi connectivity index (χ2n) is 7.28. The Morgan fingerprint density at radius 3 is 2.80 bits per heavy atom. The molecule has 1 amide bonds. The predicted molar refractivity (Wildman–Crippen MR) is 119 cm³/mol. The number of pyridine rings is 1. The summed E-state index contributed by atoms with van der Waals surface area (Å²) in [6.45, 7) is 2.70. The zero-order valence-electron chi connectivity index (χ0n) is 17.5. The fourth-order valence-electron chi connectivity index (χ4n) is 3.51. The standard InChI is InChI=1S/C22H27FN6O/c1-4-5-8-29-19-10-15(23)6-7-16(19)22(30)28(3)13-18(24)17(12-26-2)14-9-20(29)21(25)27-11-14/h6-7,9-12,24,26H,4-5,8,13H2,1-3H3,(H2,25,27)/b17-12-,24-18?. The van der Waals surface area contributed by atoms with Crippen LogP contribution < -0.4 is 16.0 Å². The molecule has 1 aliphatic rings. The lowest BCUT2D eigenvalue weighted by Crippen LogP contribution is -2.33. The van der Waals surface area contributed by atoms with Gasteiger partial charge in [0.15, 0.2) is 0 Å². The first-order valence-electron chi connectivity index (χ1n) is 9.91. The van der Waals surface area contributed by atoms with Crippen LogP contribution in [0.25, 0.3) is 5.57 Å². The fraction of sp³-hybridized carbons (Fsp3) is 0.318. The quantitative estimate of drug-likeness (QED) is 0.718. The van der Waals surface area contributed by atoms with Gasteiger partial charge in [-0.25, -0.2) is 9.37 Å². The zero-order valence-corrected chi connectivity index (χ0v) is 17.5. The van der Waals surface area contributed by atoms with Crippen LogP contribution in [0.15, 0.2) is 36.7 Å². The molecule has 0 radical (unpaired) electrons. The molecular weight excluding hydrogens is 383 g/mol. The van der Waals surface area contributed by atoms with Crippen LogP contribution in [0.5, 0.6) is 0 Å². The summed E-state index contributed by atoms with van der Waals surface area (Å²) in [5.74, 6) is -0.450. The molecule has 1 aromatic heterocycles. The van der Waals surface area contributed by atoms with Gasteiger partial charge in [-0.3, -0.25) is 4.79 Å². The molecular formula is C22H27FN6O. The van der Waals surface area contributed by atoms with Gasteiger partial charge in [0.2, 0.25) is 0 Å². The number of rotatable bonds is 4. The monoisotopic (exact) mass is 410 g/mol. The van der Waals surface area contributed by atoms with E-state index in [1.807, 2.05) is 11.0 Å². The number of halogens is 1. The number of amides is 1. The minimum absolute atomic E-state index is 0.0951. The van der Waals surface area contributed by atoms with Crippen molar-refractivity contribution in [2.24, 2.45) is 0 Å². The molecule has 1 aliphatic heterocycles. The summed E-state index contributed by atoms with van der Waals surface area (Å²) in [7, 11) is 3.38. The van der Waals surface area contributed by atoms with Crippen LogP contribution in [-0.4, -0.2) is 48.7 Å². The number of nitrogens with one attached hydrogen (secondary N) is 2. The Kier molecular flexibility index (Phi) is 6.34. The Morgan fingerprint density at radius 2 is 2.10 bits per heavy atom. The van der Waals surface area contributed by atoms with Crippen LogP contribution in [0.4, 0.5) is 21.6 Å². The van der Waals surface area contributed by atoms with E-state index < -0.39 is 5.82 Å². The first-order chi connectivity index (χ1) is 14.4. The van der Waals surface area contributed by atoms with Crippen LogP contribution in [0.1, 0.15) is 35.7 Å². The summed E-state index contributed by atoms with van der Waals surface area (Å²) in [6, 6.07) is 5.97. The molecule has 3 rings (SSSR count). The first-order valence-corrected chi connectivity index (χ1v) is 9.91. The third-order valence-electron chi connectivity index (χ3n) is 5.07. The van der Waals surface area contributed by atoms with E-state index in [9.17, 15) is 9.18 Å². The SMILES string of the molecule is CCCCN1c2cc(F)ccc2C(=O)N(C)CC(=N)/C(=C\NC)c2cnc(N)c1c2. The van der Waals surface area contributed by atoms with Gasteiger partial charge in [-0.15, -0.1) is 0 Å². The van der Waals surface area contributed by atoms with E-state index >= 15 is 0 Å². The van der Waals surface area contributed by atoms with Gasteiger partial charge in [-0.1, -0.05) is 13.3 Å². The lowest BCUT2D eigenvalue weighted by molar-refractivity contribution is 0.0815. The zero-order chi connectivity index (χ0) is 21.8. The number of aromatic nitrogens is 1. The third kappa shape index (κ3) is 4.12. The average Bonchev–Trinajstić information content (AvgIpc) is 2.73. The number of nitrogens with zero attached hydrogens (tertiary/aromatic N) is 3. The highest BCUT2D eigenvalue weighted by Gasteiger charge is 2.26. The van der Waals surface area contributed by atoms with Crippen molar-refractivity contribution in [1.29, 1.82) is 5.41 Å². The van der Waals surface area contributed by atoms with Crippen LogP contribution in [0.3, 0.4) is 0 Å². The van der Waals surface area contributed by atoms with Crippen molar-refractivity contribution >= 4 is 34.4 Å². The lowest BCUT2D eigenvalue weighted by Gasteiger charge is -2.28. The maximum absolute atomic E-state index is 14.3. The highest BCUT2D eigenvalue weighted by Crippen LogP contribution is 2.36. The minimum atomic E-state index is -0.438. The number of fused-ring (bicyclic) bond motifs is 3. The molecule has 0 aliphatic carbocycles. The lowest BCUT2D eigenvalue weighted by atomic mass is 10.0. The van der Waals surface area contributed by atoms with Crippen LogP contribution in [-0.2, 0) is 0 Å². The molecule has 2 heterocycles. The van der Waals surface area contributed by atoms with Gasteiger partial charge in [0, 0.05) is 44.2 Å². The number of carbonyl (C=O) groups is 1. The van der Waals surface area contributed by atoms with Crippen LogP contribution >= 0.6 is 0 Å². The number of hydrogen-bond acceptors (Lipinski definition) is 6. The molecule has 0 fully saturated rings. The molecule has 0 saturated heterocycles. The van der Waals surface area contributed by atoms with Crippen molar-refractivity contribution in [3.63, 3.8) is 0 Å². The molecule has 30 heavy (non-hydrogen) atoms. The second-order valence-corrected chi connectivity index (χ2v) is 7.28. The molecule has 0 unspecified atom stereocenters. The molecule has 0 saturated carbocycles. The van der Waals surface area contributed by atoms with Gasteiger partial charge in [-0.05, 0) is 30.7 Å². The van der Waals surface area contributed by atoms with Crippen LogP contribution in [0, 0.1) is 11.2 Å². The van der Waals surface area contributed by atoms with E-state index in [1.54, 1.807) is 26.5 Å². The Balaban J connectivity index is 2.32. The number of carbonyl (C=O) groups excluding carboxylic acids is 1. The van der Waals surface area contributed by atoms with E-state index in [0.29, 0.717) is 34.6 Å². The highest BCUT2D eigenvalue weighted by molar-refractivity contribution is 6.24. The van der Waals surface area contributed by atoms with Crippen molar-refractivity contribution in [3.8, 4) is 0 Å². The molecule has 0 spiro atoms. The summed E-state index contributed by atoms with van der Waals surface area (Å²) in [6.07, 6.45) is 5.05. The molecule has 8 heteroatoms. The smallest absolute Gasteiger partial charge is 0.256 e. The number of nitrogen functional groups attached to an aromatic ring is 1. The predicted octanol–water partition coefficient (Wildman–Crippen LogP) is 3.41. The summed E-state index contributed by atoms with van der Waals surface area (Å²) >= 11 is 0. The Labute approximate surface area is 175 Å². The Morgan fingerprint density at radius 1 is 1.33 bits per heavy atom. The van der Waals surface area contributed by atoms with Crippen molar-refractivity contribution in [3.05, 3.63) is 53.6 Å². The number of nitrogens with two attached hydrogens (primary N) is 1. The van der Waals surface area contributed by atoms with Crippen LogP contribution in [0.2, 0.25) is 0 Å². The third-order valence-corrected chi connectivity index (χ3v) is 5.07.